The van der Waals surface area contributed by atoms with Crippen molar-refractivity contribution in [1.29, 1.82) is 0 Å². The summed E-state index contributed by atoms with van der Waals surface area (Å²) in [5.74, 6) is 4.08. The molecule has 0 spiro atoms. The number of hydrogen-bond acceptors (Lipinski definition) is 1. The van der Waals surface area contributed by atoms with Gasteiger partial charge in [0, 0.05) is 0 Å². The van der Waals surface area contributed by atoms with E-state index in [4.69, 9.17) is 4.74 Å². The number of rotatable bonds is 15. The summed E-state index contributed by atoms with van der Waals surface area (Å²) in [6.45, 7) is 5.36. The van der Waals surface area contributed by atoms with Gasteiger partial charge in [0.1, 0.15) is 5.75 Å². The van der Waals surface area contributed by atoms with Crippen molar-refractivity contribution < 1.29 is 4.74 Å². The highest BCUT2D eigenvalue weighted by molar-refractivity contribution is 5.28. The van der Waals surface area contributed by atoms with E-state index in [1.165, 1.54) is 115 Å². The molecule has 1 aromatic carbocycles. The molecule has 1 aromatic rings. The number of ether oxygens (including phenoxy) is 1. The van der Waals surface area contributed by atoms with Gasteiger partial charge in [-0.05, 0) is 80.4 Å². The molecule has 0 bridgehead atoms. The molecule has 0 amide bonds. The summed E-state index contributed by atoms with van der Waals surface area (Å²) in [5, 5.41) is 0. The van der Waals surface area contributed by atoms with Crippen molar-refractivity contribution in [3.63, 3.8) is 0 Å². The molecule has 1 unspecified atom stereocenters. The van der Waals surface area contributed by atoms with E-state index < -0.39 is 0 Å². The molecule has 0 aromatic heterocycles. The SMILES string of the molecule is CCCCCCC1CCC(CCC2CC=C(CCc3ccc(OCCCC)cc3)CC2)CC1. The largest absolute Gasteiger partial charge is 0.494 e. The lowest BCUT2D eigenvalue weighted by molar-refractivity contribution is 0.234. The Balaban J connectivity index is 1.26. The first-order chi connectivity index (χ1) is 16.3. The second-order valence-electron chi connectivity index (χ2n) is 11.2. The highest BCUT2D eigenvalue weighted by Crippen LogP contribution is 2.37. The highest BCUT2D eigenvalue weighted by Gasteiger charge is 2.22. The number of allylic oxidation sites excluding steroid dienone is 2. The van der Waals surface area contributed by atoms with Gasteiger partial charge >= 0.3 is 0 Å². The second kappa shape index (κ2) is 15.6. The zero-order chi connectivity index (χ0) is 23.1. The Labute approximate surface area is 205 Å². The topological polar surface area (TPSA) is 9.23 Å². The molecule has 1 saturated carbocycles. The van der Waals surface area contributed by atoms with Crippen LogP contribution >= 0.6 is 0 Å². The van der Waals surface area contributed by atoms with Crippen LogP contribution in [-0.4, -0.2) is 6.61 Å². The van der Waals surface area contributed by atoms with Gasteiger partial charge in [-0.1, -0.05) is 108 Å². The van der Waals surface area contributed by atoms with Crippen molar-refractivity contribution in [2.24, 2.45) is 17.8 Å². The Hall–Kier alpha value is -1.24. The fourth-order valence-corrected chi connectivity index (χ4v) is 5.96. The first kappa shape index (κ1) is 26.4. The summed E-state index contributed by atoms with van der Waals surface area (Å²) >= 11 is 0. The molecule has 2 aliphatic rings. The van der Waals surface area contributed by atoms with Crippen LogP contribution in [-0.2, 0) is 6.42 Å². The molecule has 2 aliphatic carbocycles. The average Bonchev–Trinajstić information content (AvgIpc) is 2.86. The molecule has 0 N–H and O–H groups in total. The highest BCUT2D eigenvalue weighted by atomic mass is 16.5. The number of aryl methyl sites for hydroxylation is 1. The minimum absolute atomic E-state index is 0.838. The Morgan fingerprint density at radius 1 is 0.697 bits per heavy atom. The van der Waals surface area contributed by atoms with Crippen LogP contribution in [0.3, 0.4) is 0 Å². The van der Waals surface area contributed by atoms with Crippen LogP contribution in [0.2, 0.25) is 0 Å². The third-order valence-electron chi connectivity index (χ3n) is 8.45. The Kier molecular flexibility index (Phi) is 12.5. The van der Waals surface area contributed by atoms with Gasteiger partial charge in [-0.15, -0.1) is 0 Å². The molecular formula is C32H52O. The minimum atomic E-state index is 0.838. The molecule has 3 rings (SSSR count). The van der Waals surface area contributed by atoms with Gasteiger partial charge in [0.25, 0.3) is 0 Å². The summed E-state index contributed by atoms with van der Waals surface area (Å²) < 4.78 is 5.79. The van der Waals surface area contributed by atoms with Crippen LogP contribution in [0.5, 0.6) is 5.75 Å². The molecular weight excluding hydrogens is 400 g/mol. The third kappa shape index (κ3) is 10.3. The van der Waals surface area contributed by atoms with Crippen molar-refractivity contribution in [2.45, 2.75) is 129 Å². The van der Waals surface area contributed by atoms with E-state index in [0.29, 0.717) is 0 Å². The van der Waals surface area contributed by atoms with E-state index in [0.717, 1.165) is 36.5 Å². The minimum Gasteiger partial charge on any atom is -0.494 e. The Bertz CT molecular complexity index is 650. The zero-order valence-electron chi connectivity index (χ0n) is 22.0. The van der Waals surface area contributed by atoms with E-state index in [1.807, 2.05) is 0 Å². The maximum absolute atomic E-state index is 5.79. The summed E-state index contributed by atoms with van der Waals surface area (Å²) in [5.41, 5.74) is 3.15. The number of unbranched alkanes of at least 4 members (excludes halogenated alkanes) is 4. The average molecular weight is 453 g/mol. The van der Waals surface area contributed by atoms with E-state index in [-0.39, 0.29) is 0 Å². The lowest BCUT2D eigenvalue weighted by Gasteiger charge is -2.30. The van der Waals surface area contributed by atoms with E-state index in [1.54, 1.807) is 5.57 Å². The third-order valence-corrected chi connectivity index (χ3v) is 8.45. The van der Waals surface area contributed by atoms with Crippen molar-refractivity contribution in [3.8, 4) is 5.75 Å². The van der Waals surface area contributed by atoms with Gasteiger partial charge in [0.15, 0.2) is 0 Å². The maximum atomic E-state index is 5.79. The van der Waals surface area contributed by atoms with Crippen LogP contribution in [0.1, 0.15) is 129 Å². The van der Waals surface area contributed by atoms with E-state index in [2.05, 4.69) is 44.2 Å². The molecule has 1 nitrogen and oxygen atoms in total. The molecule has 33 heavy (non-hydrogen) atoms. The Morgan fingerprint density at radius 2 is 1.39 bits per heavy atom. The first-order valence-corrected chi connectivity index (χ1v) is 14.7. The van der Waals surface area contributed by atoms with Crippen LogP contribution in [0.15, 0.2) is 35.9 Å². The van der Waals surface area contributed by atoms with E-state index in [9.17, 15) is 0 Å². The lowest BCUT2D eigenvalue weighted by atomic mass is 9.76. The molecule has 186 valence electrons. The van der Waals surface area contributed by atoms with Crippen molar-refractivity contribution in [3.05, 3.63) is 41.5 Å². The van der Waals surface area contributed by atoms with Gasteiger partial charge in [-0.25, -0.2) is 0 Å². The smallest absolute Gasteiger partial charge is 0.119 e. The summed E-state index contributed by atoms with van der Waals surface area (Å²) in [4.78, 5) is 0. The van der Waals surface area contributed by atoms with Crippen LogP contribution in [0.25, 0.3) is 0 Å². The summed E-state index contributed by atoms with van der Waals surface area (Å²) in [6, 6.07) is 8.81. The quantitative estimate of drug-likeness (QED) is 0.190. The second-order valence-corrected chi connectivity index (χ2v) is 11.2. The van der Waals surface area contributed by atoms with Crippen LogP contribution < -0.4 is 4.74 Å². The molecule has 1 heteroatoms. The summed E-state index contributed by atoms with van der Waals surface area (Å²) in [6.07, 6.45) is 27.8. The van der Waals surface area contributed by atoms with Gasteiger partial charge in [0.2, 0.25) is 0 Å². The van der Waals surface area contributed by atoms with Crippen LogP contribution in [0, 0.1) is 17.8 Å². The molecule has 0 heterocycles. The molecule has 1 fully saturated rings. The number of benzene rings is 1. The molecule has 0 aliphatic heterocycles. The van der Waals surface area contributed by atoms with Crippen molar-refractivity contribution >= 4 is 0 Å². The monoisotopic (exact) mass is 452 g/mol. The fourth-order valence-electron chi connectivity index (χ4n) is 5.96. The maximum Gasteiger partial charge on any atom is 0.119 e. The van der Waals surface area contributed by atoms with Gasteiger partial charge < -0.3 is 4.74 Å². The normalized spacial score (nSPS) is 23.3. The van der Waals surface area contributed by atoms with Gasteiger partial charge in [-0.2, -0.15) is 0 Å². The summed E-state index contributed by atoms with van der Waals surface area (Å²) in [7, 11) is 0. The standard InChI is InChI=1S/C32H52O/c1-3-5-7-8-9-27-10-12-28(13-11-27)14-15-29-16-18-30(19-17-29)20-21-31-22-24-32(25-23-31)33-26-6-4-2/h18,22-25,27-29H,3-17,19-21,26H2,1-2H3. The molecule has 0 saturated heterocycles. The van der Waals surface area contributed by atoms with Gasteiger partial charge in [0.05, 0.1) is 6.61 Å². The van der Waals surface area contributed by atoms with Crippen LogP contribution in [0.4, 0.5) is 0 Å². The van der Waals surface area contributed by atoms with E-state index >= 15 is 0 Å². The number of hydrogen-bond donors (Lipinski definition) is 0. The predicted octanol–water partition coefficient (Wildman–Crippen LogP) is 10.1. The Morgan fingerprint density at radius 3 is 2.06 bits per heavy atom. The van der Waals surface area contributed by atoms with Crippen molar-refractivity contribution in [2.75, 3.05) is 6.61 Å². The zero-order valence-corrected chi connectivity index (χ0v) is 22.0. The first-order valence-electron chi connectivity index (χ1n) is 14.7. The predicted molar refractivity (Wildman–Crippen MR) is 144 cm³/mol. The van der Waals surface area contributed by atoms with Gasteiger partial charge in [-0.3, -0.25) is 0 Å². The lowest BCUT2D eigenvalue weighted by Crippen LogP contribution is -2.16. The molecule has 0 radical (unpaired) electrons. The molecule has 1 atom stereocenters. The fraction of sp³-hybridized carbons (Fsp3) is 0.750. The van der Waals surface area contributed by atoms with Crippen molar-refractivity contribution in [1.82, 2.24) is 0 Å².